The Morgan fingerprint density at radius 3 is 2.35 bits per heavy atom. The Hall–Kier alpha value is -1.93. The van der Waals surface area contributed by atoms with Gasteiger partial charge in [0.1, 0.15) is 0 Å². The predicted molar refractivity (Wildman–Crippen MR) is 83.6 cm³/mol. The molecule has 0 spiro atoms. The maximum absolute atomic E-state index is 12.3. The Balaban J connectivity index is 2.08. The second-order valence-electron chi connectivity index (χ2n) is 5.45. The third-order valence-electron chi connectivity index (χ3n) is 3.58. The third-order valence-corrected chi connectivity index (χ3v) is 5.11. The molecule has 2 N–H and O–H groups in total. The molecule has 0 saturated heterocycles. The number of carboxylic acids is 1. The Bertz CT molecular complexity index is 680. The molecule has 0 heterocycles. The van der Waals surface area contributed by atoms with Crippen LogP contribution in [0.15, 0.2) is 29.2 Å². The number of nitrogens with zero attached hydrogens (tertiary/aromatic N) is 1. The van der Waals surface area contributed by atoms with Crippen molar-refractivity contribution in [2.24, 2.45) is 0 Å². The summed E-state index contributed by atoms with van der Waals surface area (Å²) in [6, 6.07) is 5.71. The fourth-order valence-corrected chi connectivity index (χ4v) is 3.39. The van der Waals surface area contributed by atoms with Crippen LogP contribution in [0.4, 0.5) is 0 Å². The molecule has 2 rings (SSSR count). The van der Waals surface area contributed by atoms with Gasteiger partial charge in [0.2, 0.25) is 10.0 Å². The molecule has 1 aromatic rings. The largest absolute Gasteiger partial charge is 0.481 e. The van der Waals surface area contributed by atoms with E-state index < -0.39 is 16.0 Å². The molecule has 1 aromatic carbocycles. The number of carboxylic acid groups (broad SMARTS) is 1. The van der Waals surface area contributed by atoms with Crippen LogP contribution in [0.3, 0.4) is 0 Å². The molecule has 0 radical (unpaired) electrons. The number of rotatable bonds is 8. The summed E-state index contributed by atoms with van der Waals surface area (Å²) in [7, 11) is -3.54. The minimum absolute atomic E-state index is 0.0212. The van der Waals surface area contributed by atoms with E-state index in [0.29, 0.717) is 12.1 Å². The van der Waals surface area contributed by atoms with E-state index in [-0.39, 0.29) is 29.8 Å². The average Bonchev–Trinajstić information content (AvgIpc) is 3.30. The number of carbonyl (C=O) groups is 2. The smallest absolute Gasteiger partial charge is 0.305 e. The topological polar surface area (TPSA) is 104 Å². The standard InChI is InChI=1S/C15H20N2O5S/c1-2-17(10-9-14(18)19)15(20)11-3-7-13(8-4-11)23(21,22)16-12-5-6-12/h3-4,7-8,12,16H,2,5-6,9-10H2,1H3,(H,18,19). The van der Waals surface area contributed by atoms with E-state index >= 15 is 0 Å². The van der Waals surface area contributed by atoms with Gasteiger partial charge in [0.15, 0.2) is 0 Å². The number of benzene rings is 1. The number of aliphatic carboxylic acids is 1. The quantitative estimate of drug-likeness (QED) is 0.736. The van der Waals surface area contributed by atoms with Crippen LogP contribution in [-0.2, 0) is 14.8 Å². The fraction of sp³-hybridized carbons (Fsp3) is 0.467. The first-order valence-corrected chi connectivity index (χ1v) is 8.95. The van der Waals surface area contributed by atoms with E-state index in [1.165, 1.54) is 29.2 Å². The van der Waals surface area contributed by atoms with Crippen LogP contribution < -0.4 is 4.72 Å². The van der Waals surface area contributed by atoms with E-state index in [9.17, 15) is 18.0 Å². The van der Waals surface area contributed by atoms with Gasteiger partial charge in [-0.05, 0) is 44.0 Å². The van der Waals surface area contributed by atoms with Crippen molar-refractivity contribution in [3.63, 3.8) is 0 Å². The molecule has 1 aliphatic carbocycles. The predicted octanol–water partition coefficient (Wildman–Crippen LogP) is 1.06. The zero-order chi connectivity index (χ0) is 17.0. The van der Waals surface area contributed by atoms with Crippen LogP contribution in [0.25, 0.3) is 0 Å². The van der Waals surface area contributed by atoms with Gasteiger partial charge >= 0.3 is 5.97 Å². The molecule has 126 valence electrons. The lowest BCUT2D eigenvalue weighted by Crippen LogP contribution is -2.33. The molecule has 0 unspecified atom stereocenters. The van der Waals surface area contributed by atoms with Gasteiger partial charge in [0.05, 0.1) is 11.3 Å². The minimum atomic E-state index is -3.54. The van der Waals surface area contributed by atoms with E-state index in [0.717, 1.165) is 12.8 Å². The van der Waals surface area contributed by atoms with Crippen molar-refractivity contribution < 1.29 is 23.1 Å². The van der Waals surface area contributed by atoms with Crippen LogP contribution in [0.1, 0.15) is 36.5 Å². The molecule has 23 heavy (non-hydrogen) atoms. The summed E-state index contributed by atoms with van der Waals surface area (Å²) in [6.07, 6.45) is 1.58. The van der Waals surface area contributed by atoms with Gasteiger partial charge in [0.25, 0.3) is 5.91 Å². The zero-order valence-electron chi connectivity index (χ0n) is 12.9. The van der Waals surface area contributed by atoms with Crippen molar-refractivity contribution in [1.29, 1.82) is 0 Å². The van der Waals surface area contributed by atoms with Crippen molar-refractivity contribution in [2.45, 2.75) is 37.1 Å². The first-order chi connectivity index (χ1) is 10.8. The van der Waals surface area contributed by atoms with Gasteiger partial charge in [-0.1, -0.05) is 0 Å². The number of sulfonamides is 1. The second-order valence-corrected chi connectivity index (χ2v) is 7.16. The summed E-state index contributed by atoms with van der Waals surface area (Å²) < 4.78 is 26.7. The molecule has 1 fully saturated rings. The lowest BCUT2D eigenvalue weighted by atomic mass is 10.2. The Kier molecular flexibility index (Phi) is 5.38. The van der Waals surface area contributed by atoms with Gasteiger partial charge in [-0.3, -0.25) is 9.59 Å². The highest BCUT2D eigenvalue weighted by Crippen LogP contribution is 2.22. The van der Waals surface area contributed by atoms with E-state index in [4.69, 9.17) is 5.11 Å². The molecule has 1 saturated carbocycles. The van der Waals surface area contributed by atoms with E-state index in [1.54, 1.807) is 6.92 Å². The molecule has 0 bridgehead atoms. The normalized spacial score (nSPS) is 14.5. The summed E-state index contributed by atoms with van der Waals surface area (Å²) in [5, 5.41) is 8.70. The van der Waals surface area contributed by atoms with Gasteiger partial charge in [-0.2, -0.15) is 0 Å². The number of amides is 1. The summed E-state index contributed by atoms with van der Waals surface area (Å²) in [5.74, 6) is -1.28. The van der Waals surface area contributed by atoms with Crippen molar-refractivity contribution in [1.82, 2.24) is 9.62 Å². The van der Waals surface area contributed by atoms with Crippen molar-refractivity contribution in [2.75, 3.05) is 13.1 Å². The first kappa shape index (κ1) is 17.4. The summed E-state index contributed by atoms with van der Waals surface area (Å²) in [5.41, 5.74) is 0.336. The van der Waals surface area contributed by atoms with Crippen molar-refractivity contribution in [3.05, 3.63) is 29.8 Å². The highest BCUT2D eigenvalue weighted by molar-refractivity contribution is 7.89. The third kappa shape index (κ3) is 4.77. The van der Waals surface area contributed by atoms with Gasteiger partial charge in [-0.25, -0.2) is 13.1 Å². The van der Waals surface area contributed by atoms with E-state index in [2.05, 4.69) is 4.72 Å². The van der Waals surface area contributed by atoms with Crippen molar-refractivity contribution >= 4 is 21.9 Å². The Morgan fingerprint density at radius 2 is 1.87 bits per heavy atom. The van der Waals surface area contributed by atoms with Crippen LogP contribution in [0.2, 0.25) is 0 Å². The Labute approximate surface area is 135 Å². The van der Waals surface area contributed by atoms with Gasteiger partial charge < -0.3 is 10.0 Å². The first-order valence-electron chi connectivity index (χ1n) is 7.47. The van der Waals surface area contributed by atoms with E-state index in [1.807, 2.05) is 0 Å². The molecule has 0 aliphatic heterocycles. The lowest BCUT2D eigenvalue weighted by molar-refractivity contribution is -0.137. The number of hydrogen-bond donors (Lipinski definition) is 2. The summed E-state index contributed by atoms with van der Waals surface area (Å²) in [4.78, 5) is 24.5. The minimum Gasteiger partial charge on any atom is -0.481 e. The van der Waals surface area contributed by atoms with Crippen molar-refractivity contribution in [3.8, 4) is 0 Å². The average molecular weight is 340 g/mol. The second kappa shape index (κ2) is 7.10. The number of carbonyl (C=O) groups excluding carboxylic acids is 1. The van der Waals surface area contributed by atoms with Gasteiger partial charge in [-0.15, -0.1) is 0 Å². The summed E-state index contributed by atoms with van der Waals surface area (Å²) >= 11 is 0. The Morgan fingerprint density at radius 1 is 1.26 bits per heavy atom. The summed E-state index contributed by atoms with van der Waals surface area (Å²) in [6.45, 7) is 2.27. The van der Waals surface area contributed by atoms with Gasteiger partial charge in [0, 0.05) is 24.7 Å². The molecule has 8 heteroatoms. The van der Waals surface area contributed by atoms with Crippen LogP contribution in [0, 0.1) is 0 Å². The zero-order valence-corrected chi connectivity index (χ0v) is 13.7. The highest BCUT2D eigenvalue weighted by atomic mass is 32.2. The van der Waals surface area contributed by atoms with Crippen LogP contribution in [0.5, 0.6) is 0 Å². The molecule has 1 aliphatic rings. The van der Waals surface area contributed by atoms with Crippen LogP contribution >= 0.6 is 0 Å². The number of nitrogens with one attached hydrogen (secondary N) is 1. The number of hydrogen-bond acceptors (Lipinski definition) is 4. The lowest BCUT2D eigenvalue weighted by Gasteiger charge is -2.20. The molecular weight excluding hydrogens is 320 g/mol. The van der Waals surface area contributed by atoms with Crippen LogP contribution in [-0.4, -0.2) is 49.4 Å². The highest BCUT2D eigenvalue weighted by Gasteiger charge is 2.28. The molecule has 0 aromatic heterocycles. The molecular formula is C15H20N2O5S. The monoisotopic (exact) mass is 340 g/mol. The fourth-order valence-electron chi connectivity index (χ4n) is 2.08. The SMILES string of the molecule is CCN(CCC(=O)O)C(=O)c1ccc(S(=O)(=O)NC2CC2)cc1. The maximum Gasteiger partial charge on any atom is 0.305 e. The maximum atomic E-state index is 12.3. The molecule has 7 nitrogen and oxygen atoms in total. The molecule has 1 amide bonds. The molecule has 0 atom stereocenters.